The van der Waals surface area contributed by atoms with E-state index in [2.05, 4.69) is 26.1 Å². The van der Waals surface area contributed by atoms with Gasteiger partial charge >= 0.3 is 6.03 Å². The van der Waals surface area contributed by atoms with Gasteiger partial charge in [-0.15, -0.1) is 0 Å². The van der Waals surface area contributed by atoms with E-state index in [0.29, 0.717) is 5.02 Å². The molecule has 1 atom stereocenters. The Bertz CT molecular complexity index is 722. The summed E-state index contributed by atoms with van der Waals surface area (Å²) in [5.74, 6) is 0. The maximum absolute atomic E-state index is 12.7. The molecule has 0 aliphatic carbocycles. The number of urea groups is 1. The van der Waals surface area contributed by atoms with Gasteiger partial charge in [-0.25, -0.2) is 4.79 Å². The van der Waals surface area contributed by atoms with Gasteiger partial charge in [0.15, 0.2) is 0 Å². The van der Waals surface area contributed by atoms with E-state index in [1.54, 1.807) is 11.9 Å². The van der Waals surface area contributed by atoms with Crippen molar-refractivity contribution in [1.82, 2.24) is 4.90 Å². The smallest absolute Gasteiger partial charge is 0.321 e. The highest BCUT2D eigenvalue weighted by Gasteiger charge is 2.22. The first-order valence-electron chi connectivity index (χ1n) is 8.09. The first kappa shape index (κ1) is 18.3. The number of hydrogen-bond donors (Lipinski definition) is 1. The summed E-state index contributed by atoms with van der Waals surface area (Å²) in [6.07, 6.45) is 0. The normalized spacial score (nSPS) is 12.6. The van der Waals surface area contributed by atoms with Gasteiger partial charge in [0.2, 0.25) is 0 Å². The second-order valence-corrected chi connectivity index (χ2v) is 7.44. The fourth-order valence-electron chi connectivity index (χ4n) is 2.65. The highest BCUT2D eigenvalue weighted by atomic mass is 35.5. The van der Waals surface area contributed by atoms with Crippen molar-refractivity contribution in [2.75, 3.05) is 12.4 Å². The van der Waals surface area contributed by atoms with Gasteiger partial charge in [0.1, 0.15) is 0 Å². The van der Waals surface area contributed by atoms with E-state index in [1.807, 2.05) is 55.5 Å². The van der Waals surface area contributed by atoms with E-state index in [9.17, 15) is 4.79 Å². The summed E-state index contributed by atoms with van der Waals surface area (Å²) in [5, 5.41) is 3.70. The molecule has 3 nitrogen and oxygen atoms in total. The van der Waals surface area contributed by atoms with Crippen LogP contribution in [0.25, 0.3) is 0 Å². The lowest BCUT2D eigenvalue weighted by atomic mass is 9.86. The third kappa shape index (κ3) is 4.09. The largest absolute Gasteiger partial charge is 0.322 e. The quantitative estimate of drug-likeness (QED) is 0.742. The minimum absolute atomic E-state index is 0.0448. The summed E-state index contributed by atoms with van der Waals surface area (Å²) in [6.45, 7) is 8.37. The van der Waals surface area contributed by atoms with Crippen molar-refractivity contribution in [3.05, 3.63) is 64.7 Å². The van der Waals surface area contributed by atoms with Gasteiger partial charge in [0.05, 0.1) is 6.04 Å². The first-order valence-corrected chi connectivity index (χ1v) is 8.47. The van der Waals surface area contributed by atoms with Gasteiger partial charge in [-0.3, -0.25) is 0 Å². The zero-order chi connectivity index (χ0) is 17.9. The number of carbonyl (C=O) groups excluding carboxylic acids is 1. The second kappa shape index (κ2) is 7.27. The van der Waals surface area contributed by atoms with Gasteiger partial charge in [-0.2, -0.15) is 0 Å². The zero-order valence-corrected chi connectivity index (χ0v) is 15.7. The fourth-order valence-corrected chi connectivity index (χ4v) is 2.94. The minimum atomic E-state index is -0.154. The van der Waals surface area contributed by atoms with Gasteiger partial charge in [-0.1, -0.05) is 68.8 Å². The van der Waals surface area contributed by atoms with E-state index in [1.165, 1.54) is 0 Å². The maximum atomic E-state index is 12.7. The highest BCUT2D eigenvalue weighted by Crippen LogP contribution is 2.30. The molecule has 0 saturated carbocycles. The summed E-state index contributed by atoms with van der Waals surface area (Å²) in [4.78, 5) is 14.4. The van der Waals surface area contributed by atoms with E-state index in [0.717, 1.165) is 16.8 Å². The van der Waals surface area contributed by atoms with Crippen LogP contribution >= 0.6 is 11.6 Å². The lowest BCUT2D eigenvalue weighted by Crippen LogP contribution is -2.34. The Morgan fingerprint density at radius 3 is 2.29 bits per heavy atom. The molecule has 4 heteroatoms. The van der Waals surface area contributed by atoms with Crippen LogP contribution in [0.1, 0.15) is 44.9 Å². The van der Waals surface area contributed by atoms with Crippen LogP contribution in [0.2, 0.25) is 5.02 Å². The molecule has 0 aromatic heterocycles. The molecule has 0 fully saturated rings. The minimum Gasteiger partial charge on any atom is -0.321 e. The molecule has 0 spiro atoms. The lowest BCUT2D eigenvalue weighted by Gasteiger charge is -2.28. The van der Waals surface area contributed by atoms with Crippen LogP contribution in [-0.4, -0.2) is 18.0 Å². The highest BCUT2D eigenvalue weighted by molar-refractivity contribution is 6.31. The number of nitrogens with one attached hydrogen (secondary N) is 1. The van der Waals surface area contributed by atoms with Crippen molar-refractivity contribution in [2.24, 2.45) is 0 Å². The Morgan fingerprint density at radius 1 is 1.08 bits per heavy atom. The lowest BCUT2D eigenvalue weighted by molar-refractivity contribution is 0.208. The molecule has 2 rings (SSSR count). The monoisotopic (exact) mass is 344 g/mol. The Morgan fingerprint density at radius 2 is 1.67 bits per heavy atom. The number of benzene rings is 2. The molecule has 1 N–H and O–H groups in total. The molecule has 0 saturated heterocycles. The SMILES string of the molecule is CC(c1ccccc1Cl)N(C)C(=O)Nc1ccccc1C(C)(C)C. The van der Waals surface area contributed by atoms with Crippen molar-refractivity contribution >= 4 is 23.3 Å². The Balaban J connectivity index is 2.20. The Labute approximate surface area is 149 Å². The third-order valence-electron chi connectivity index (χ3n) is 4.23. The third-order valence-corrected chi connectivity index (χ3v) is 4.58. The Hall–Kier alpha value is -2.00. The summed E-state index contributed by atoms with van der Waals surface area (Å²) < 4.78 is 0. The number of para-hydroxylation sites is 1. The Kier molecular flexibility index (Phi) is 5.55. The van der Waals surface area contributed by atoms with Crippen LogP contribution in [0, 0.1) is 0 Å². The molecule has 0 aliphatic heterocycles. The molecule has 0 heterocycles. The van der Waals surface area contributed by atoms with E-state index < -0.39 is 0 Å². The summed E-state index contributed by atoms with van der Waals surface area (Å²) >= 11 is 6.25. The van der Waals surface area contributed by atoms with Crippen LogP contribution in [0.3, 0.4) is 0 Å². The fraction of sp³-hybridized carbons (Fsp3) is 0.350. The summed E-state index contributed by atoms with van der Waals surface area (Å²) in [7, 11) is 1.78. The van der Waals surface area contributed by atoms with Crippen molar-refractivity contribution in [1.29, 1.82) is 0 Å². The number of carbonyl (C=O) groups is 1. The maximum Gasteiger partial charge on any atom is 0.322 e. The molecular formula is C20H25ClN2O. The van der Waals surface area contributed by atoms with E-state index >= 15 is 0 Å². The number of amides is 2. The molecule has 2 aromatic carbocycles. The van der Waals surface area contributed by atoms with Crippen LogP contribution in [0.4, 0.5) is 10.5 Å². The molecule has 1 unspecified atom stereocenters. The van der Waals surface area contributed by atoms with Gasteiger partial charge in [0.25, 0.3) is 0 Å². The van der Waals surface area contributed by atoms with Gasteiger partial charge < -0.3 is 10.2 Å². The van der Waals surface area contributed by atoms with Crippen LogP contribution < -0.4 is 5.32 Å². The van der Waals surface area contributed by atoms with Crippen LogP contribution in [0.15, 0.2) is 48.5 Å². The molecule has 128 valence electrons. The van der Waals surface area contributed by atoms with Crippen LogP contribution in [0.5, 0.6) is 0 Å². The number of anilines is 1. The zero-order valence-electron chi connectivity index (χ0n) is 14.9. The molecule has 2 amide bonds. The number of halogens is 1. The second-order valence-electron chi connectivity index (χ2n) is 7.03. The number of hydrogen-bond acceptors (Lipinski definition) is 1. The van der Waals surface area contributed by atoms with Crippen molar-refractivity contribution in [3.8, 4) is 0 Å². The predicted molar refractivity (Wildman–Crippen MR) is 102 cm³/mol. The summed E-state index contributed by atoms with van der Waals surface area (Å²) in [6, 6.07) is 15.2. The molecule has 24 heavy (non-hydrogen) atoms. The molecule has 0 bridgehead atoms. The molecule has 2 aromatic rings. The molecular weight excluding hydrogens is 320 g/mol. The van der Waals surface area contributed by atoms with Crippen molar-refractivity contribution < 1.29 is 4.79 Å². The standard InChI is InChI=1S/C20H25ClN2O/c1-14(15-10-6-8-12-17(15)21)23(5)19(24)22-18-13-9-7-11-16(18)20(2,3)4/h6-14H,1-5H3,(H,22,24). The van der Waals surface area contributed by atoms with Gasteiger partial charge in [-0.05, 0) is 35.6 Å². The first-order chi connectivity index (χ1) is 11.2. The molecule has 0 radical (unpaired) electrons. The van der Waals surface area contributed by atoms with E-state index in [4.69, 9.17) is 11.6 Å². The number of nitrogens with zero attached hydrogens (tertiary/aromatic N) is 1. The topological polar surface area (TPSA) is 32.3 Å². The van der Waals surface area contributed by atoms with Crippen molar-refractivity contribution in [3.63, 3.8) is 0 Å². The predicted octanol–water partition coefficient (Wildman–Crippen LogP) is 5.86. The number of rotatable bonds is 3. The average Bonchev–Trinajstić information content (AvgIpc) is 2.53. The van der Waals surface area contributed by atoms with Gasteiger partial charge in [0, 0.05) is 17.8 Å². The average molecular weight is 345 g/mol. The van der Waals surface area contributed by atoms with Crippen molar-refractivity contribution in [2.45, 2.75) is 39.2 Å². The summed E-state index contributed by atoms with van der Waals surface area (Å²) in [5.41, 5.74) is 2.84. The van der Waals surface area contributed by atoms with E-state index in [-0.39, 0.29) is 17.5 Å². The van der Waals surface area contributed by atoms with Crippen LogP contribution in [-0.2, 0) is 5.41 Å². The molecule has 0 aliphatic rings.